The van der Waals surface area contributed by atoms with Crippen molar-refractivity contribution in [2.24, 2.45) is 5.10 Å². The zero-order valence-corrected chi connectivity index (χ0v) is 13.0. The predicted molar refractivity (Wildman–Crippen MR) is 84.6 cm³/mol. The van der Waals surface area contributed by atoms with Crippen LogP contribution >= 0.6 is 23.2 Å². The normalized spacial score (nSPS) is 12.6. The highest BCUT2D eigenvalue weighted by Gasteiger charge is 2.17. The number of carbonyl (C=O) groups is 1. The van der Waals surface area contributed by atoms with Gasteiger partial charge in [0.2, 0.25) is 6.79 Å². The van der Waals surface area contributed by atoms with Gasteiger partial charge < -0.3 is 19.4 Å². The van der Waals surface area contributed by atoms with Gasteiger partial charge in [0, 0.05) is 0 Å². The van der Waals surface area contributed by atoms with Gasteiger partial charge in [-0.3, -0.25) is 5.43 Å². The van der Waals surface area contributed by atoms with Crippen LogP contribution < -0.4 is 20.0 Å². The number of carboxylic acid groups (broad SMARTS) is 1. The highest BCUT2D eigenvalue weighted by molar-refractivity contribution is 6.33. The fraction of sp³-hybridized carbons (Fsp3) is 0.0667. The van der Waals surface area contributed by atoms with E-state index >= 15 is 0 Å². The van der Waals surface area contributed by atoms with Crippen LogP contribution in [0.2, 0.25) is 10.0 Å². The molecule has 0 saturated carbocycles. The summed E-state index contributed by atoms with van der Waals surface area (Å²) < 4.78 is 10.5. The maximum Gasteiger partial charge on any atom is 0.231 e. The Kier molecular flexibility index (Phi) is 4.27. The number of benzene rings is 2. The lowest BCUT2D eigenvalue weighted by Gasteiger charge is -2.07. The molecule has 1 N–H and O–H groups in total. The molecule has 0 saturated heterocycles. The molecule has 0 unspecified atom stereocenters. The Morgan fingerprint density at radius 1 is 1.22 bits per heavy atom. The summed E-state index contributed by atoms with van der Waals surface area (Å²) >= 11 is 12.0. The van der Waals surface area contributed by atoms with Gasteiger partial charge >= 0.3 is 0 Å². The summed E-state index contributed by atoms with van der Waals surface area (Å²) in [4.78, 5) is 10.8. The van der Waals surface area contributed by atoms with Gasteiger partial charge in [0.15, 0.2) is 11.5 Å². The highest BCUT2D eigenvalue weighted by atomic mass is 35.5. The minimum Gasteiger partial charge on any atom is -0.545 e. The number of hydrogen-bond acceptors (Lipinski definition) is 6. The Bertz CT molecular complexity index is 808. The molecule has 0 amide bonds. The number of rotatable bonds is 4. The van der Waals surface area contributed by atoms with Crippen molar-refractivity contribution in [3.8, 4) is 11.5 Å². The number of ether oxygens (including phenoxy) is 2. The predicted octanol–water partition coefficient (Wildman–Crippen LogP) is 2.53. The average molecular weight is 352 g/mol. The smallest absolute Gasteiger partial charge is 0.231 e. The van der Waals surface area contributed by atoms with Gasteiger partial charge in [-0.25, -0.2) is 0 Å². The zero-order valence-electron chi connectivity index (χ0n) is 11.5. The topological polar surface area (TPSA) is 83.0 Å². The minimum atomic E-state index is -1.30. The SMILES string of the molecule is O=C([O-])c1ccc(Cl)c(N/N=C\c2cc(Cl)c3c(c2)OCO3)c1. The fourth-order valence-corrected chi connectivity index (χ4v) is 2.41. The standard InChI is InChI=1S/C15H10Cl2N2O4/c16-10-2-1-9(15(20)21)5-12(10)19-18-6-8-3-11(17)14-13(4-8)22-7-23-14/h1-6,19H,7H2,(H,20,21)/p-1/b18-6-. The number of carboxylic acids is 1. The van der Waals surface area contributed by atoms with Crippen molar-refractivity contribution in [1.29, 1.82) is 0 Å². The lowest BCUT2D eigenvalue weighted by molar-refractivity contribution is -0.255. The van der Waals surface area contributed by atoms with E-state index < -0.39 is 5.97 Å². The number of carbonyl (C=O) groups excluding carboxylic acids is 1. The van der Waals surface area contributed by atoms with E-state index in [1.165, 1.54) is 24.4 Å². The first-order chi connectivity index (χ1) is 11.0. The number of aromatic carboxylic acids is 1. The molecular formula is C15H9Cl2N2O4-. The summed E-state index contributed by atoms with van der Waals surface area (Å²) in [5.74, 6) is -0.256. The summed E-state index contributed by atoms with van der Waals surface area (Å²) in [6.45, 7) is 0.125. The highest BCUT2D eigenvalue weighted by Crippen LogP contribution is 2.39. The largest absolute Gasteiger partial charge is 0.545 e. The van der Waals surface area contributed by atoms with E-state index in [2.05, 4.69) is 10.5 Å². The molecule has 2 aromatic carbocycles. The molecule has 0 aliphatic carbocycles. The van der Waals surface area contributed by atoms with E-state index in [0.717, 1.165) is 0 Å². The second-order valence-electron chi connectivity index (χ2n) is 4.59. The van der Waals surface area contributed by atoms with E-state index in [-0.39, 0.29) is 12.4 Å². The van der Waals surface area contributed by atoms with Crippen molar-refractivity contribution in [2.75, 3.05) is 12.2 Å². The monoisotopic (exact) mass is 351 g/mol. The van der Waals surface area contributed by atoms with Crippen LogP contribution in [0.25, 0.3) is 0 Å². The maximum atomic E-state index is 10.8. The summed E-state index contributed by atoms with van der Waals surface area (Å²) in [5.41, 5.74) is 3.70. The molecule has 8 heteroatoms. The van der Waals surface area contributed by atoms with Gasteiger partial charge in [-0.05, 0) is 35.4 Å². The lowest BCUT2D eigenvalue weighted by Crippen LogP contribution is -2.22. The number of halogens is 2. The zero-order chi connectivity index (χ0) is 16.4. The summed E-state index contributed by atoms with van der Waals surface area (Å²) in [7, 11) is 0. The van der Waals surface area contributed by atoms with Crippen LogP contribution in [0.1, 0.15) is 15.9 Å². The molecule has 0 fully saturated rings. The van der Waals surface area contributed by atoms with Crippen molar-refractivity contribution >= 4 is 41.1 Å². The van der Waals surface area contributed by atoms with E-state index in [0.29, 0.717) is 32.8 Å². The Morgan fingerprint density at radius 2 is 2.04 bits per heavy atom. The Hall–Kier alpha value is -2.44. The number of anilines is 1. The number of fused-ring (bicyclic) bond motifs is 1. The Morgan fingerprint density at radius 3 is 2.83 bits per heavy atom. The first kappa shape index (κ1) is 15.5. The van der Waals surface area contributed by atoms with E-state index in [9.17, 15) is 9.90 Å². The molecule has 0 spiro atoms. The molecule has 0 radical (unpaired) electrons. The first-order valence-electron chi connectivity index (χ1n) is 6.44. The summed E-state index contributed by atoms with van der Waals surface area (Å²) in [6.07, 6.45) is 1.50. The third kappa shape index (κ3) is 3.33. The third-order valence-corrected chi connectivity index (χ3v) is 3.66. The molecule has 1 aliphatic rings. The number of hydrogen-bond donors (Lipinski definition) is 1. The molecular weight excluding hydrogens is 343 g/mol. The molecule has 118 valence electrons. The quantitative estimate of drug-likeness (QED) is 0.675. The minimum absolute atomic E-state index is 0.00164. The van der Waals surface area contributed by atoms with Crippen molar-refractivity contribution < 1.29 is 19.4 Å². The van der Waals surface area contributed by atoms with Crippen molar-refractivity contribution in [3.05, 3.63) is 51.5 Å². The summed E-state index contributed by atoms with van der Waals surface area (Å²) in [5, 5.41) is 15.6. The van der Waals surface area contributed by atoms with Crippen LogP contribution in [0, 0.1) is 0 Å². The van der Waals surface area contributed by atoms with E-state index in [4.69, 9.17) is 32.7 Å². The Balaban J connectivity index is 1.78. The number of nitrogens with zero attached hydrogens (tertiary/aromatic N) is 1. The van der Waals surface area contributed by atoms with Crippen molar-refractivity contribution in [2.45, 2.75) is 0 Å². The molecule has 0 atom stereocenters. The third-order valence-electron chi connectivity index (χ3n) is 3.05. The lowest BCUT2D eigenvalue weighted by atomic mass is 10.2. The first-order valence-corrected chi connectivity index (χ1v) is 7.19. The van der Waals surface area contributed by atoms with Crippen LogP contribution in [0.4, 0.5) is 5.69 Å². The molecule has 23 heavy (non-hydrogen) atoms. The van der Waals surface area contributed by atoms with Gasteiger partial charge in [-0.15, -0.1) is 0 Å². The fourth-order valence-electron chi connectivity index (χ4n) is 1.98. The molecule has 1 aliphatic heterocycles. The molecule has 1 heterocycles. The van der Waals surface area contributed by atoms with Crippen LogP contribution in [-0.4, -0.2) is 19.0 Å². The second kappa shape index (κ2) is 6.36. The van der Waals surface area contributed by atoms with Gasteiger partial charge in [-0.2, -0.15) is 5.10 Å². The number of nitrogens with one attached hydrogen (secondary N) is 1. The second-order valence-corrected chi connectivity index (χ2v) is 5.40. The van der Waals surface area contributed by atoms with Gasteiger partial charge in [0.05, 0.1) is 27.9 Å². The summed E-state index contributed by atoms with van der Waals surface area (Å²) in [6, 6.07) is 7.52. The van der Waals surface area contributed by atoms with Crippen LogP contribution in [0.15, 0.2) is 35.4 Å². The Labute approximate surface area is 141 Å². The maximum absolute atomic E-state index is 10.8. The van der Waals surface area contributed by atoms with Gasteiger partial charge in [-0.1, -0.05) is 29.3 Å². The van der Waals surface area contributed by atoms with Crippen LogP contribution in [0.5, 0.6) is 11.5 Å². The van der Waals surface area contributed by atoms with Gasteiger partial charge in [0.25, 0.3) is 0 Å². The van der Waals surface area contributed by atoms with Crippen molar-refractivity contribution in [3.63, 3.8) is 0 Å². The van der Waals surface area contributed by atoms with Crippen molar-refractivity contribution in [1.82, 2.24) is 0 Å². The molecule has 0 aromatic heterocycles. The molecule has 3 rings (SSSR count). The number of hydrazone groups is 1. The average Bonchev–Trinajstić information content (AvgIpc) is 2.98. The van der Waals surface area contributed by atoms with E-state index in [1.54, 1.807) is 12.1 Å². The molecule has 0 bridgehead atoms. The van der Waals surface area contributed by atoms with Gasteiger partial charge in [0.1, 0.15) is 0 Å². The van der Waals surface area contributed by atoms with E-state index in [1.807, 2.05) is 0 Å². The van der Waals surface area contributed by atoms with Crippen LogP contribution in [0.3, 0.4) is 0 Å². The van der Waals surface area contributed by atoms with Crippen LogP contribution in [-0.2, 0) is 0 Å². The molecule has 2 aromatic rings. The molecule has 6 nitrogen and oxygen atoms in total.